The van der Waals surface area contributed by atoms with Gasteiger partial charge in [0.1, 0.15) is 5.82 Å². The Morgan fingerprint density at radius 1 is 1.37 bits per heavy atom. The van der Waals surface area contributed by atoms with Crippen molar-refractivity contribution in [2.45, 2.75) is 13.3 Å². The number of carboxylic acid groups (broad SMARTS) is 1. The summed E-state index contributed by atoms with van der Waals surface area (Å²) >= 11 is 0. The third kappa shape index (κ3) is 2.14. The summed E-state index contributed by atoms with van der Waals surface area (Å²) in [4.78, 5) is 18.0. The highest BCUT2D eigenvalue weighted by Gasteiger charge is 2.20. The van der Waals surface area contributed by atoms with Gasteiger partial charge in [-0.05, 0) is 36.6 Å². The number of aromatic nitrogens is 1. The van der Waals surface area contributed by atoms with Crippen LogP contribution in [0.25, 0.3) is 10.9 Å². The van der Waals surface area contributed by atoms with Crippen molar-refractivity contribution >= 4 is 22.7 Å². The number of anilines is 1. The molecule has 0 aliphatic carbocycles. The first-order valence-electron chi connectivity index (χ1n) is 6.53. The molecule has 1 aliphatic rings. The molecule has 0 radical (unpaired) electrons. The summed E-state index contributed by atoms with van der Waals surface area (Å²) < 4.78 is 0. The fraction of sp³-hybridized carbons (Fsp3) is 0.333. The minimum absolute atomic E-state index is 0.311. The Labute approximate surface area is 111 Å². The smallest absolute Gasteiger partial charge is 0.336 e. The molecule has 2 aromatic rings. The van der Waals surface area contributed by atoms with E-state index in [0.717, 1.165) is 24.4 Å². The second-order valence-corrected chi connectivity index (χ2v) is 5.19. The second-order valence-electron chi connectivity index (χ2n) is 5.19. The Morgan fingerprint density at radius 2 is 2.21 bits per heavy atom. The average Bonchev–Trinajstić information content (AvgIpc) is 2.84. The van der Waals surface area contributed by atoms with Crippen LogP contribution in [0.3, 0.4) is 0 Å². The summed E-state index contributed by atoms with van der Waals surface area (Å²) in [6.45, 7) is 4.29. The number of nitrogens with zero attached hydrogens (tertiary/aromatic N) is 2. The number of rotatable bonds is 2. The summed E-state index contributed by atoms with van der Waals surface area (Å²) in [7, 11) is 0. The molecule has 1 aliphatic heterocycles. The van der Waals surface area contributed by atoms with E-state index in [1.165, 1.54) is 6.42 Å². The van der Waals surface area contributed by atoms with E-state index in [0.29, 0.717) is 16.9 Å². The first kappa shape index (κ1) is 12.0. The third-order valence-corrected chi connectivity index (χ3v) is 3.70. The number of hydrogen-bond donors (Lipinski definition) is 1. The highest BCUT2D eigenvalue weighted by molar-refractivity contribution is 6.02. The van der Waals surface area contributed by atoms with Gasteiger partial charge in [-0.25, -0.2) is 9.78 Å². The standard InChI is InChI=1S/C15H16N2O2/c1-10-7-8-17(9-10)14-6-5-11-12(15(18)19)3-2-4-13(11)16-14/h2-6,10H,7-9H2,1H3,(H,18,19). The van der Waals surface area contributed by atoms with E-state index in [1.807, 2.05) is 18.2 Å². The number of pyridine rings is 1. The van der Waals surface area contributed by atoms with Crippen LogP contribution in [0, 0.1) is 5.92 Å². The van der Waals surface area contributed by atoms with Gasteiger partial charge in [-0.1, -0.05) is 13.0 Å². The molecule has 1 aromatic heterocycles. The maximum absolute atomic E-state index is 11.2. The molecule has 1 fully saturated rings. The van der Waals surface area contributed by atoms with Crippen molar-refractivity contribution in [3.8, 4) is 0 Å². The average molecular weight is 256 g/mol. The highest BCUT2D eigenvalue weighted by Crippen LogP contribution is 2.25. The molecule has 4 heteroatoms. The Balaban J connectivity index is 2.04. The minimum atomic E-state index is -0.907. The molecule has 1 N–H and O–H groups in total. The van der Waals surface area contributed by atoms with Crippen LogP contribution in [0.1, 0.15) is 23.7 Å². The zero-order valence-electron chi connectivity index (χ0n) is 10.8. The van der Waals surface area contributed by atoms with Gasteiger partial charge in [0.15, 0.2) is 0 Å². The quantitative estimate of drug-likeness (QED) is 0.897. The van der Waals surface area contributed by atoms with Crippen LogP contribution in [0.4, 0.5) is 5.82 Å². The Hall–Kier alpha value is -2.10. The van der Waals surface area contributed by atoms with Crippen LogP contribution in [-0.2, 0) is 0 Å². The van der Waals surface area contributed by atoms with Crippen LogP contribution in [-0.4, -0.2) is 29.1 Å². The van der Waals surface area contributed by atoms with E-state index in [-0.39, 0.29) is 0 Å². The number of carbonyl (C=O) groups is 1. The summed E-state index contributed by atoms with van der Waals surface area (Å²) in [6.07, 6.45) is 1.19. The summed E-state index contributed by atoms with van der Waals surface area (Å²) in [5, 5.41) is 9.86. The molecule has 2 heterocycles. The highest BCUT2D eigenvalue weighted by atomic mass is 16.4. The van der Waals surface area contributed by atoms with Gasteiger partial charge >= 0.3 is 5.97 Å². The van der Waals surface area contributed by atoms with E-state index >= 15 is 0 Å². The molecule has 1 unspecified atom stereocenters. The van der Waals surface area contributed by atoms with E-state index in [9.17, 15) is 4.79 Å². The molecule has 19 heavy (non-hydrogen) atoms. The number of benzene rings is 1. The van der Waals surface area contributed by atoms with Gasteiger partial charge in [-0.3, -0.25) is 0 Å². The topological polar surface area (TPSA) is 53.4 Å². The molecule has 3 rings (SSSR count). The number of hydrogen-bond acceptors (Lipinski definition) is 3. The van der Waals surface area contributed by atoms with E-state index in [1.54, 1.807) is 12.1 Å². The van der Waals surface area contributed by atoms with Crippen LogP contribution in [0.5, 0.6) is 0 Å². The largest absolute Gasteiger partial charge is 0.478 e. The monoisotopic (exact) mass is 256 g/mol. The predicted molar refractivity (Wildman–Crippen MR) is 74.7 cm³/mol. The Kier molecular flexibility index (Phi) is 2.85. The Morgan fingerprint density at radius 3 is 2.89 bits per heavy atom. The van der Waals surface area contributed by atoms with E-state index in [4.69, 9.17) is 5.11 Å². The van der Waals surface area contributed by atoms with Crippen molar-refractivity contribution in [2.24, 2.45) is 5.92 Å². The van der Waals surface area contributed by atoms with Gasteiger partial charge in [0.05, 0.1) is 11.1 Å². The van der Waals surface area contributed by atoms with Crippen molar-refractivity contribution in [2.75, 3.05) is 18.0 Å². The van der Waals surface area contributed by atoms with Gasteiger partial charge in [0.2, 0.25) is 0 Å². The molecule has 0 saturated carbocycles. The SMILES string of the molecule is CC1CCN(c2ccc3c(C(=O)O)cccc3n2)C1. The fourth-order valence-corrected chi connectivity index (χ4v) is 2.65. The number of carboxylic acids is 1. The lowest BCUT2D eigenvalue weighted by atomic mass is 10.1. The summed E-state index contributed by atoms with van der Waals surface area (Å²) in [5.74, 6) is 0.734. The fourth-order valence-electron chi connectivity index (χ4n) is 2.65. The molecule has 4 nitrogen and oxygen atoms in total. The molecular formula is C15H16N2O2. The Bertz CT molecular complexity index is 639. The molecule has 0 bridgehead atoms. The predicted octanol–water partition coefficient (Wildman–Crippen LogP) is 2.78. The first-order chi connectivity index (χ1) is 9.15. The van der Waals surface area contributed by atoms with Gasteiger partial charge in [0.25, 0.3) is 0 Å². The summed E-state index contributed by atoms with van der Waals surface area (Å²) in [5.41, 5.74) is 1.06. The maximum atomic E-state index is 11.2. The zero-order chi connectivity index (χ0) is 13.4. The van der Waals surface area contributed by atoms with Crippen molar-refractivity contribution < 1.29 is 9.90 Å². The first-order valence-corrected chi connectivity index (χ1v) is 6.53. The van der Waals surface area contributed by atoms with Crippen LogP contribution in [0.15, 0.2) is 30.3 Å². The van der Waals surface area contributed by atoms with Crippen molar-refractivity contribution in [1.29, 1.82) is 0 Å². The lowest BCUT2D eigenvalue weighted by Gasteiger charge is -2.17. The zero-order valence-corrected chi connectivity index (χ0v) is 10.8. The molecule has 0 spiro atoms. The second kappa shape index (κ2) is 4.53. The number of fused-ring (bicyclic) bond motifs is 1. The lowest BCUT2D eigenvalue weighted by molar-refractivity contribution is 0.0699. The number of aromatic carboxylic acids is 1. The lowest BCUT2D eigenvalue weighted by Crippen LogP contribution is -2.20. The van der Waals surface area contributed by atoms with Crippen molar-refractivity contribution in [3.63, 3.8) is 0 Å². The van der Waals surface area contributed by atoms with Crippen molar-refractivity contribution in [1.82, 2.24) is 4.98 Å². The molecule has 1 aromatic carbocycles. The van der Waals surface area contributed by atoms with Crippen molar-refractivity contribution in [3.05, 3.63) is 35.9 Å². The van der Waals surface area contributed by atoms with E-state index < -0.39 is 5.97 Å². The molecule has 98 valence electrons. The molecule has 0 amide bonds. The van der Waals surface area contributed by atoms with Gasteiger partial charge < -0.3 is 10.0 Å². The van der Waals surface area contributed by atoms with Gasteiger partial charge in [0, 0.05) is 18.5 Å². The minimum Gasteiger partial charge on any atom is -0.478 e. The van der Waals surface area contributed by atoms with Gasteiger partial charge in [-0.2, -0.15) is 0 Å². The van der Waals surface area contributed by atoms with Crippen LogP contribution >= 0.6 is 0 Å². The summed E-state index contributed by atoms with van der Waals surface area (Å²) in [6, 6.07) is 9.01. The van der Waals surface area contributed by atoms with Gasteiger partial charge in [-0.15, -0.1) is 0 Å². The normalized spacial score (nSPS) is 19.0. The van der Waals surface area contributed by atoms with Crippen LogP contribution in [0.2, 0.25) is 0 Å². The molecule has 1 atom stereocenters. The molecule has 1 saturated heterocycles. The third-order valence-electron chi connectivity index (χ3n) is 3.70. The van der Waals surface area contributed by atoms with Crippen LogP contribution < -0.4 is 4.90 Å². The maximum Gasteiger partial charge on any atom is 0.336 e. The van der Waals surface area contributed by atoms with E-state index in [2.05, 4.69) is 16.8 Å². The molecular weight excluding hydrogens is 240 g/mol.